The molecule has 6 nitrogen and oxygen atoms in total. The zero-order chi connectivity index (χ0) is 15.3. The largest absolute Gasteiger partial charge is 0.314 e. The van der Waals surface area contributed by atoms with Gasteiger partial charge in [-0.1, -0.05) is 27.7 Å². The molecule has 0 aliphatic heterocycles. The Morgan fingerprint density at radius 2 is 1.80 bits per heavy atom. The van der Waals surface area contributed by atoms with E-state index in [1.165, 1.54) is 0 Å². The van der Waals surface area contributed by atoms with Gasteiger partial charge in [0.2, 0.25) is 10.0 Å². The van der Waals surface area contributed by atoms with E-state index in [4.69, 9.17) is 0 Å². The molecular formula is C13H24N4O2S. The van der Waals surface area contributed by atoms with Crippen molar-refractivity contribution in [1.29, 1.82) is 0 Å². The monoisotopic (exact) mass is 300 g/mol. The molecule has 1 aromatic heterocycles. The summed E-state index contributed by atoms with van der Waals surface area (Å²) >= 11 is 0. The Hall–Kier alpha value is -0.920. The first-order chi connectivity index (χ1) is 9.05. The maximum absolute atomic E-state index is 12.6. The number of aryl methyl sites for hydroxylation is 1. The highest BCUT2D eigenvalue weighted by atomic mass is 32.2. The highest BCUT2D eigenvalue weighted by Crippen LogP contribution is 2.63. The summed E-state index contributed by atoms with van der Waals surface area (Å²) in [6, 6.07) is -0.0586. The Balaban J connectivity index is 2.31. The molecule has 1 aromatic rings. The fourth-order valence-electron chi connectivity index (χ4n) is 2.82. The predicted octanol–water partition coefficient (Wildman–Crippen LogP) is 1.15. The van der Waals surface area contributed by atoms with E-state index in [-0.39, 0.29) is 21.8 Å². The lowest BCUT2D eigenvalue weighted by atomic mass is 10.0. The normalized spacial score (nSPS) is 21.1. The zero-order valence-electron chi connectivity index (χ0n) is 13.0. The maximum atomic E-state index is 12.6. The second kappa shape index (κ2) is 4.54. The third-order valence-electron chi connectivity index (χ3n) is 4.87. The predicted molar refractivity (Wildman–Crippen MR) is 77.8 cm³/mol. The average molecular weight is 300 g/mol. The molecule has 114 valence electrons. The molecule has 1 heterocycles. The van der Waals surface area contributed by atoms with Crippen LogP contribution in [0.3, 0.4) is 0 Å². The standard InChI is InChI=1S/C13H24N4O2S/c1-8-10(9(7-14-6)16-15-8)20(18,19)17-11-12(2,3)13(11,4)5/h11,14,17H,7H2,1-6H3,(H,15,16). The highest BCUT2D eigenvalue weighted by Gasteiger charge is 2.66. The molecular weight excluding hydrogens is 276 g/mol. The van der Waals surface area contributed by atoms with Crippen LogP contribution in [0.2, 0.25) is 0 Å². The van der Waals surface area contributed by atoms with Crippen molar-refractivity contribution >= 4 is 10.0 Å². The van der Waals surface area contributed by atoms with E-state index in [9.17, 15) is 8.42 Å². The number of aromatic amines is 1. The van der Waals surface area contributed by atoms with Crippen molar-refractivity contribution in [2.24, 2.45) is 10.8 Å². The van der Waals surface area contributed by atoms with E-state index in [1.807, 2.05) is 0 Å². The molecule has 2 rings (SSSR count). The molecule has 0 atom stereocenters. The Labute approximate surface area is 120 Å². The van der Waals surface area contributed by atoms with Gasteiger partial charge < -0.3 is 5.32 Å². The molecule has 0 amide bonds. The Morgan fingerprint density at radius 1 is 1.25 bits per heavy atom. The minimum Gasteiger partial charge on any atom is -0.314 e. The second-order valence-electron chi connectivity index (χ2n) is 6.65. The third-order valence-corrected chi connectivity index (χ3v) is 6.49. The molecule has 20 heavy (non-hydrogen) atoms. The Morgan fingerprint density at radius 3 is 2.25 bits per heavy atom. The van der Waals surface area contributed by atoms with Crippen molar-refractivity contribution in [1.82, 2.24) is 20.2 Å². The lowest BCUT2D eigenvalue weighted by Crippen LogP contribution is -2.31. The van der Waals surface area contributed by atoms with Crippen LogP contribution in [0.4, 0.5) is 0 Å². The Bertz CT molecular complexity index is 602. The van der Waals surface area contributed by atoms with Gasteiger partial charge in [-0.05, 0) is 24.8 Å². The number of H-pyrrole nitrogens is 1. The van der Waals surface area contributed by atoms with Gasteiger partial charge in [0.1, 0.15) is 4.90 Å². The fourth-order valence-corrected chi connectivity index (χ4v) is 4.71. The molecule has 1 aliphatic rings. The van der Waals surface area contributed by atoms with E-state index in [2.05, 4.69) is 47.9 Å². The van der Waals surface area contributed by atoms with Crippen molar-refractivity contribution in [3.8, 4) is 0 Å². The van der Waals surface area contributed by atoms with E-state index in [0.717, 1.165) is 0 Å². The Kier molecular flexibility index (Phi) is 3.51. The van der Waals surface area contributed by atoms with Crippen LogP contribution in [0.5, 0.6) is 0 Å². The highest BCUT2D eigenvalue weighted by molar-refractivity contribution is 7.89. The number of nitrogens with zero attached hydrogens (tertiary/aromatic N) is 1. The molecule has 0 spiro atoms. The van der Waals surface area contributed by atoms with Crippen LogP contribution in [-0.2, 0) is 16.6 Å². The molecule has 0 bridgehead atoms. The topological polar surface area (TPSA) is 86.9 Å². The van der Waals surface area contributed by atoms with E-state index in [1.54, 1.807) is 14.0 Å². The molecule has 0 saturated heterocycles. The molecule has 1 aliphatic carbocycles. The van der Waals surface area contributed by atoms with E-state index >= 15 is 0 Å². The van der Waals surface area contributed by atoms with Crippen LogP contribution in [0.15, 0.2) is 4.90 Å². The van der Waals surface area contributed by atoms with E-state index in [0.29, 0.717) is 17.9 Å². The molecule has 3 N–H and O–H groups in total. The lowest BCUT2D eigenvalue weighted by molar-refractivity contribution is 0.457. The number of sulfonamides is 1. The van der Waals surface area contributed by atoms with Crippen LogP contribution in [0.1, 0.15) is 39.1 Å². The van der Waals surface area contributed by atoms with E-state index < -0.39 is 10.0 Å². The number of rotatable bonds is 5. The summed E-state index contributed by atoms with van der Waals surface area (Å²) in [7, 11) is -1.80. The van der Waals surface area contributed by atoms with Gasteiger partial charge in [0.05, 0.1) is 11.4 Å². The fraction of sp³-hybridized carbons (Fsp3) is 0.769. The van der Waals surface area contributed by atoms with Crippen LogP contribution in [0.25, 0.3) is 0 Å². The first kappa shape index (κ1) is 15.5. The summed E-state index contributed by atoms with van der Waals surface area (Å²) in [4.78, 5) is 0.269. The second-order valence-corrected chi connectivity index (χ2v) is 8.30. The molecule has 0 aromatic carbocycles. The lowest BCUT2D eigenvalue weighted by Gasteiger charge is -2.09. The molecule has 0 radical (unpaired) electrons. The van der Waals surface area contributed by atoms with Crippen LogP contribution in [-0.4, -0.2) is 31.7 Å². The van der Waals surface area contributed by atoms with Gasteiger partial charge in [0.15, 0.2) is 0 Å². The summed E-state index contributed by atoms with van der Waals surface area (Å²) in [6.07, 6.45) is 0. The quantitative estimate of drug-likeness (QED) is 0.761. The number of aromatic nitrogens is 2. The minimum absolute atomic E-state index is 0.0408. The van der Waals surface area contributed by atoms with Crippen molar-refractivity contribution < 1.29 is 8.42 Å². The SMILES string of the molecule is CNCc1n[nH]c(C)c1S(=O)(=O)NC1C(C)(C)C1(C)C. The van der Waals surface area contributed by atoms with Gasteiger partial charge >= 0.3 is 0 Å². The van der Waals surface area contributed by atoms with Gasteiger partial charge in [-0.3, -0.25) is 5.10 Å². The number of hydrogen-bond acceptors (Lipinski definition) is 4. The van der Waals surface area contributed by atoms with Gasteiger partial charge in [0, 0.05) is 12.6 Å². The summed E-state index contributed by atoms with van der Waals surface area (Å²) in [5.74, 6) is 0. The first-order valence-electron chi connectivity index (χ1n) is 6.76. The molecule has 7 heteroatoms. The molecule has 1 fully saturated rings. The smallest absolute Gasteiger partial charge is 0.244 e. The average Bonchev–Trinajstić information content (AvgIpc) is 2.64. The number of nitrogens with one attached hydrogen (secondary N) is 3. The van der Waals surface area contributed by atoms with Crippen LogP contribution in [0, 0.1) is 17.8 Å². The maximum Gasteiger partial charge on any atom is 0.244 e. The third kappa shape index (κ3) is 2.17. The first-order valence-corrected chi connectivity index (χ1v) is 8.25. The summed E-state index contributed by atoms with van der Waals surface area (Å²) in [5, 5.41) is 9.76. The van der Waals surface area contributed by atoms with Crippen LogP contribution >= 0.6 is 0 Å². The molecule has 1 saturated carbocycles. The zero-order valence-corrected chi connectivity index (χ0v) is 13.8. The summed E-state index contributed by atoms with van der Waals surface area (Å²) in [6.45, 7) is 10.5. The van der Waals surface area contributed by atoms with Crippen molar-refractivity contribution in [2.45, 2.75) is 52.1 Å². The van der Waals surface area contributed by atoms with Crippen molar-refractivity contribution in [2.75, 3.05) is 7.05 Å². The van der Waals surface area contributed by atoms with Crippen molar-refractivity contribution in [3.05, 3.63) is 11.4 Å². The van der Waals surface area contributed by atoms with Gasteiger partial charge in [-0.25, -0.2) is 13.1 Å². The van der Waals surface area contributed by atoms with Crippen molar-refractivity contribution in [3.63, 3.8) is 0 Å². The molecule has 0 unspecified atom stereocenters. The summed E-state index contributed by atoms with van der Waals surface area (Å²) < 4.78 is 28.1. The van der Waals surface area contributed by atoms with Gasteiger partial charge in [-0.15, -0.1) is 0 Å². The van der Waals surface area contributed by atoms with Crippen LogP contribution < -0.4 is 10.0 Å². The minimum atomic E-state index is -3.56. The van der Waals surface area contributed by atoms with Gasteiger partial charge in [-0.2, -0.15) is 5.10 Å². The number of hydrogen-bond donors (Lipinski definition) is 3. The van der Waals surface area contributed by atoms with Gasteiger partial charge in [0.25, 0.3) is 0 Å². The summed E-state index contributed by atoms with van der Waals surface area (Å²) in [5.41, 5.74) is 1.01.